The summed E-state index contributed by atoms with van der Waals surface area (Å²) in [5.74, 6) is 0. The van der Waals surface area contributed by atoms with Crippen molar-refractivity contribution in [3.05, 3.63) is 12.4 Å². The van der Waals surface area contributed by atoms with E-state index in [1.54, 1.807) is 0 Å². The number of hydrogen-bond acceptors (Lipinski definition) is 3. The van der Waals surface area contributed by atoms with Gasteiger partial charge in [0.2, 0.25) is 0 Å². The molecule has 18 heavy (non-hydrogen) atoms. The van der Waals surface area contributed by atoms with Crippen LogP contribution in [0, 0.1) is 5.41 Å². The van der Waals surface area contributed by atoms with E-state index in [1.165, 1.54) is 19.3 Å². The van der Waals surface area contributed by atoms with Crippen molar-refractivity contribution in [3.8, 4) is 0 Å². The minimum absolute atomic E-state index is 0.401. The molecule has 1 aliphatic rings. The highest BCUT2D eigenvalue weighted by Gasteiger charge is 2.42. The lowest BCUT2D eigenvalue weighted by Gasteiger charge is -2.31. The van der Waals surface area contributed by atoms with Crippen molar-refractivity contribution in [1.29, 1.82) is 0 Å². The second-order valence-corrected chi connectivity index (χ2v) is 7.14. The van der Waals surface area contributed by atoms with E-state index in [-0.39, 0.29) is 0 Å². The summed E-state index contributed by atoms with van der Waals surface area (Å²) in [6, 6.07) is 0.596. The Morgan fingerprint density at radius 3 is 2.94 bits per heavy atom. The number of hydrogen-bond donors (Lipinski definition) is 1. The average Bonchev–Trinajstić information content (AvgIpc) is 2.83. The molecular formula is C14H25N3S. The van der Waals surface area contributed by atoms with Gasteiger partial charge in [-0.25, -0.2) is 4.98 Å². The molecule has 0 aromatic carbocycles. The third kappa shape index (κ3) is 2.91. The second kappa shape index (κ2) is 5.66. The molecule has 1 heterocycles. The minimum atomic E-state index is 0.401. The molecule has 0 bridgehead atoms. The Balaban J connectivity index is 2.05. The zero-order valence-electron chi connectivity index (χ0n) is 11.9. The van der Waals surface area contributed by atoms with Crippen LogP contribution in [-0.4, -0.2) is 27.4 Å². The van der Waals surface area contributed by atoms with E-state index in [9.17, 15) is 0 Å². The van der Waals surface area contributed by atoms with Crippen LogP contribution in [0.3, 0.4) is 0 Å². The van der Waals surface area contributed by atoms with Crippen LogP contribution in [0.5, 0.6) is 0 Å². The predicted molar refractivity (Wildman–Crippen MR) is 77.9 cm³/mol. The summed E-state index contributed by atoms with van der Waals surface area (Å²) in [5.41, 5.74) is 0.401. The van der Waals surface area contributed by atoms with Crippen LogP contribution in [0.15, 0.2) is 17.6 Å². The largest absolute Gasteiger partial charge is 0.329 e. The third-order valence-corrected chi connectivity index (χ3v) is 5.35. The molecule has 0 radical (unpaired) electrons. The first-order valence-electron chi connectivity index (χ1n) is 6.92. The molecule has 0 amide bonds. The number of thioether (sulfide) groups is 1. The molecule has 4 heteroatoms. The first kappa shape index (κ1) is 13.9. The molecule has 2 rings (SSSR count). The van der Waals surface area contributed by atoms with Crippen molar-refractivity contribution in [2.75, 3.05) is 6.54 Å². The summed E-state index contributed by atoms with van der Waals surface area (Å²) >= 11 is 1.93. The van der Waals surface area contributed by atoms with Crippen LogP contribution in [0.1, 0.15) is 40.0 Å². The number of imidazole rings is 1. The van der Waals surface area contributed by atoms with E-state index in [0.717, 1.165) is 11.7 Å². The summed E-state index contributed by atoms with van der Waals surface area (Å²) in [6.07, 6.45) is 7.70. The fourth-order valence-electron chi connectivity index (χ4n) is 2.78. The SMILES string of the molecule is CCCNC1C(Sc2nccn2C)CCC1(C)C. The van der Waals surface area contributed by atoms with Gasteiger partial charge >= 0.3 is 0 Å². The summed E-state index contributed by atoms with van der Waals surface area (Å²) < 4.78 is 2.12. The summed E-state index contributed by atoms with van der Waals surface area (Å²) in [5, 5.41) is 5.53. The topological polar surface area (TPSA) is 29.9 Å². The van der Waals surface area contributed by atoms with Gasteiger partial charge in [-0.15, -0.1) is 0 Å². The highest BCUT2D eigenvalue weighted by molar-refractivity contribution is 7.99. The van der Waals surface area contributed by atoms with E-state index in [2.05, 4.69) is 42.7 Å². The van der Waals surface area contributed by atoms with Crippen molar-refractivity contribution in [1.82, 2.24) is 14.9 Å². The normalized spacial score (nSPS) is 26.7. The highest BCUT2D eigenvalue weighted by atomic mass is 32.2. The van der Waals surface area contributed by atoms with Crippen molar-refractivity contribution in [2.24, 2.45) is 12.5 Å². The number of nitrogens with zero attached hydrogens (tertiary/aromatic N) is 2. The Morgan fingerprint density at radius 1 is 1.56 bits per heavy atom. The van der Waals surface area contributed by atoms with E-state index in [0.29, 0.717) is 16.7 Å². The molecule has 102 valence electrons. The van der Waals surface area contributed by atoms with E-state index in [4.69, 9.17) is 0 Å². The zero-order chi connectivity index (χ0) is 13.2. The monoisotopic (exact) mass is 267 g/mol. The molecule has 0 aliphatic heterocycles. The summed E-state index contributed by atoms with van der Waals surface area (Å²) in [6.45, 7) is 8.13. The maximum absolute atomic E-state index is 4.44. The quantitative estimate of drug-likeness (QED) is 0.889. The van der Waals surface area contributed by atoms with Gasteiger partial charge in [-0.3, -0.25) is 0 Å². The van der Waals surface area contributed by atoms with Gasteiger partial charge in [0, 0.05) is 30.7 Å². The van der Waals surface area contributed by atoms with Gasteiger partial charge in [-0.2, -0.15) is 0 Å². The summed E-state index contributed by atoms with van der Waals surface area (Å²) in [4.78, 5) is 4.44. The molecule has 1 aromatic heterocycles. The Kier molecular flexibility index (Phi) is 4.38. The Morgan fingerprint density at radius 2 is 2.33 bits per heavy atom. The van der Waals surface area contributed by atoms with Crippen LogP contribution >= 0.6 is 11.8 Å². The number of nitrogens with one attached hydrogen (secondary N) is 1. The maximum Gasteiger partial charge on any atom is 0.167 e. The first-order valence-corrected chi connectivity index (χ1v) is 7.80. The Bertz CT molecular complexity index is 386. The Hall–Kier alpha value is -0.480. The summed E-state index contributed by atoms with van der Waals surface area (Å²) in [7, 11) is 2.07. The number of rotatable bonds is 5. The standard InChI is InChI=1S/C14H25N3S/c1-5-8-15-12-11(6-7-14(12,2)3)18-13-16-9-10-17(13)4/h9-12,15H,5-8H2,1-4H3. The van der Waals surface area contributed by atoms with Gasteiger partial charge < -0.3 is 9.88 Å². The van der Waals surface area contributed by atoms with Gasteiger partial charge in [-0.1, -0.05) is 32.5 Å². The molecule has 2 unspecified atom stereocenters. The fourth-order valence-corrected chi connectivity index (χ4v) is 4.23. The molecule has 0 spiro atoms. The Labute approximate surface area is 115 Å². The highest BCUT2D eigenvalue weighted by Crippen LogP contribution is 2.44. The molecule has 0 saturated heterocycles. The number of aryl methyl sites for hydroxylation is 1. The molecular weight excluding hydrogens is 242 g/mol. The van der Waals surface area contributed by atoms with Crippen molar-refractivity contribution < 1.29 is 0 Å². The second-order valence-electron chi connectivity index (χ2n) is 5.94. The predicted octanol–water partition coefficient (Wildman–Crippen LogP) is 3.07. The molecule has 2 atom stereocenters. The molecule has 3 nitrogen and oxygen atoms in total. The van der Waals surface area contributed by atoms with Crippen molar-refractivity contribution in [2.45, 2.75) is 56.5 Å². The average molecular weight is 267 g/mol. The lowest BCUT2D eigenvalue weighted by molar-refractivity contribution is 0.287. The first-order chi connectivity index (χ1) is 8.54. The third-order valence-electron chi connectivity index (χ3n) is 3.93. The van der Waals surface area contributed by atoms with Gasteiger partial charge in [0.1, 0.15) is 0 Å². The van der Waals surface area contributed by atoms with Crippen LogP contribution in [0.25, 0.3) is 0 Å². The molecule has 1 N–H and O–H groups in total. The van der Waals surface area contributed by atoms with E-state index in [1.807, 2.05) is 24.2 Å². The van der Waals surface area contributed by atoms with Crippen LogP contribution in [0.2, 0.25) is 0 Å². The van der Waals surface area contributed by atoms with E-state index >= 15 is 0 Å². The van der Waals surface area contributed by atoms with E-state index < -0.39 is 0 Å². The molecule has 1 aliphatic carbocycles. The smallest absolute Gasteiger partial charge is 0.167 e. The molecule has 1 aromatic rings. The van der Waals surface area contributed by atoms with Crippen LogP contribution in [0.4, 0.5) is 0 Å². The van der Waals surface area contributed by atoms with Gasteiger partial charge in [0.25, 0.3) is 0 Å². The fraction of sp³-hybridized carbons (Fsp3) is 0.786. The van der Waals surface area contributed by atoms with Crippen LogP contribution in [-0.2, 0) is 7.05 Å². The maximum atomic E-state index is 4.44. The minimum Gasteiger partial charge on any atom is -0.329 e. The van der Waals surface area contributed by atoms with Crippen molar-refractivity contribution in [3.63, 3.8) is 0 Å². The molecule has 1 fully saturated rings. The lowest BCUT2D eigenvalue weighted by Crippen LogP contribution is -2.43. The van der Waals surface area contributed by atoms with Crippen LogP contribution < -0.4 is 5.32 Å². The lowest BCUT2D eigenvalue weighted by atomic mass is 9.87. The van der Waals surface area contributed by atoms with Crippen molar-refractivity contribution >= 4 is 11.8 Å². The van der Waals surface area contributed by atoms with Gasteiger partial charge in [0.05, 0.1) is 0 Å². The number of aromatic nitrogens is 2. The van der Waals surface area contributed by atoms with Gasteiger partial charge in [-0.05, 0) is 31.2 Å². The van der Waals surface area contributed by atoms with Gasteiger partial charge in [0.15, 0.2) is 5.16 Å². The zero-order valence-corrected chi connectivity index (χ0v) is 12.8. The molecule has 1 saturated carbocycles.